The number of benzene rings is 1. The molecule has 0 fully saturated rings. The third kappa shape index (κ3) is 5.37. The number of methoxy groups -OCH3 is 2. The van der Waals surface area contributed by atoms with Gasteiger partial charge in [0, 0.05) is 42.7 Å². The van der Waals surface area contributed by atoms with E-state index in [0.717, 1.165) is 6.07 Å². The third-order valence-electron chi connectivity index (χ3n) is 6.17. The van der Waals surface area contributed by atoms with Crippen LogP contribution in [0.4, 0.5) is 10.1 Å². The minimum absolute atomic E-state index is 0.105. The van der Waals surface area contributed by atoms with E-state index in [2.05, 4.69) is 26.8 Å². The Labute approximate surface area is 234 Å². The van der Waals surface area contributed by atoms with Crippen LogP contribution in [0.1, 0.15) is 21.8 Å². The molecule has 208 valence electrons. The van der Waals surface area contributed by atoms with E-state index >= 15 is 4.39 Å². The van der Waals surface area contributed by atoms with E-state index in [-0.39, 0.29) is 39.9 Å². The number of aromatic nitrogens is 3. The maximum absolute atomic E-state index is 15.1. The molecule has 1 amide bonds. The Morgan fingerprint density at radius 3 is 2.66 bits per heavy atom. The Kier molecular flexibility index (Phi) is 7.51. The molecule has 2 N–H and O–H groups in total. The lowest BCUT2D eigenvalue weighted by Crippen LogP contribution is -2.13. The van der Waals surface area contributed by atoms with Crippen molar-refractivity contribution in [2.75, 3.05) is 19.5 Å². The molecule has 0 bridgehead atoms. The second kappa shape index (κ2) is 11.3. The number of rotatable bonds is 9. The molecule has 1 aromatic carbocycles. The summed E-state index contributed by atoms with van der Waals surface area (Å²) in [5.74, 6) is 0.0113. The van der Waals surface area contributed by atoms with Crippen molar-refractivity contribution in [1.82, 2.24) is 15.0 Å². The predicted octanol–water partition coefficient (Wildman–Crippen LogP) is 6.23. The van der Waals surface area contributed by atoms with Gasteiger partial charge in [-0.15, -0.1) is 6.58 Å². The van der Waals surface area contributed by atoms with Crippen molar-refractivity contribution in [2.45, 2.75) is 13.3 Å². The van der Waals surface area contributed by atoms with Crippen LogP contribution in [0.2, 0.25) is 0 Å². The SMILES string of the molecule is C=CCc1ccc(-c2c(C)ncc(C(=O)Nc3ccc(Oc4ccnc5cc(OC)c(OC)nc45)c(F)c3)c2O)o1. The van der Waals surface area contributed by atoms with Gasteiger partial charge in [-0.25, -0.2) is 9.37 Å². The first-order valence-corrected chi connectivity index (χ1v) is 12.4. The Balaban J connectivity index is 1.38. The lowest BCUT2D eigenvalue weighted by atomic mass is 10.1. The molecule has 0 saturated carbocycles. The molecule has 0 saturated heterocycles. The number of allylic oxidation sites excluding steroid dienone is 1. The summed E-state index contributed by atoms with van der Waals surface area (Å²) < 4.78 is 37.2. The molecular weight excluding hydrogens is 531 g/mol. The van der Waals surface area contributed by atoms with Crippen molar-refractivity contribution >= 4 is 22.6 Å². The number of aromatic hydroxyl groups is 1. The van der Waals surface area contributed by atoms with E-state index in [1.54, 1.807) is 37.3 Å². The molecule has 0 aliphatic carbocycles. The van der Waals surface area contributed by atoms with Gasteiger partial charge in [-0.2, -0.15) is 0 Å². The highest BCUT2D eigenvalue weighted by molar-refractivity contribution is 6.07. The van der Waals surface area contributed by atoms with E-state index in [0.29, 0.717) is 40.4 Å². The van der Waals surface area contributed by atoms with Crippen molar-refractivity contribution in [3.05, 3.63) is 90.3 Å². The first-order chi connectivity index (χ1) is 19.8. The van der Waals surface area contributed by atoms with Gasteiger partial charge >= 0.3 is 0 Å². The van der Waals surface area contributed by atoms with Gasteiger partial charge in [0.15, 0.2) is 23.1 Å². The smallest absolute Gasteiger partial charge is 0.261 e. The van der Waals surface area contributed by atoms with Crippen molar-refractivity contribution in [2.24, 2.45) is 0 Å². The van der Waals surface area contributed by atoms with Gasteiger partial charge in [-0.3, -0.25) is 14.8 Å². The predicted molar refractivity (Wildman–Crippen MR) is 149 cm³/mol. The van der Waals surface area contributed by atoms with Crippen molar-refractivity contribution in [3.8, 4) is 40.2 Å². The van der Waals surface area contributed by atoms with Crippen molar-refractivity contribution in [3.63, 3.8) is 0 Å². The fourth-order valence-electron chi connectivity index (χ4n) is 4.18. The molecule has 4 aromatic heterocycles. The van der Waals surface area contributed by atoms with Crippen LogP contribution in [-0.4, -0.2) is 40.2 Å². The Morgan fingerprint density at radius 1 is 1.10 bits per heavy atom. The van der Waals surface area contributed by atoms with Gasteiger partial charge in [0.1, 0.15) is 28.4 Å². The van der Waals surface area contributed by atoms with Crippen LogP contribution in [0, 0.1) is 12.7 Å². The molecule has 4 heterocycles. The highest BCUT2D eigenvalue weighted by Gasteiger charge is 2.22. The van der Waals surface area contributed by atoms with Gasteiger partial charge in [-0.05, 0) is 31.2 Å². The maximum Gasteiger partial charge on any atom is 0.261 e. The summed E-state index contributed by atoms with van der Waals surface area (Å²) in [6.45, 7) is 5.37. The van der Waals surface area contributed by atoms with Crippen LogP contribution in [0.15, 0.2) is 71.9 Å². The zero-order valence-corrected chi connectivity index (χ0v) is 22.4. The van der Waals surface area contributed by atoms with E-state index in [9.17, 15) is 9.90 Å². The zero-order chi connectivity index (χ0) is 29.1. The Bertz CT molecular complexity index is 1790. The number of pyridine rings is 3. The van der Waals surface area contributed by atoms with Crippen LogP contribution in [0.3, 0.4) is 0 Å². The summed E-state index contributed by atoms with van der Waals surface area (Å²) in [4.78, 5) is 25.9. The van der Waals surface area contributed by atoms with Crippen LogP contribution < -0.4 is 19.5 Å². The standard InChI is InChI=1S/C30H25FN4O6/c1-5-6-18-8-10-23(40-18)26-16(2)33-15-19(28(26)36)29(37)34-17-7-9-22(20(31)13-17)41-24-11-12-32-21-14-25(38-3)30(39-4)35-27(21)24/h5,7-15H,1,6H2,2-4H3,(H,33,36)(H,34,37). The van der Waals surface area contributed by atoms with Crippen LogP contribution in [0.5, 0.6) is 28.9 Å². The first-order valence-electron chi connectivity index (χ1n) is 12.4. The number of nitrogens with one attached hydrogen (secondary N) is 1. The minimum atomic E-state index is -0.745. The molecule has 0 atom stereocenters. The Hall–Kier alpha value is -5.45. The lowest BCUT2D eigenvalue weighted by Gasteiger charge is -2.13. The average molecular weight is 557 g/mol. The summed E-state index contributed by atoms with van der Waals surface area (Å²) in [6.07, 6.45) is 4.94. The zero-order valence-electron chi connectivity index (χ0n) is 22.4. The van der Waals surface area contributed by atoms with Gasteiger partial charge in [0.05, 0.1) is 31.0 Å². The number of anilines is 1. The maximum atomic E-state index is 15.1. The molecular formula is C30H25FN4O6. The number of aryl methyl sites for hydroxylation is 1. The highest BCUT2D eigenvalue weighted by Crippen LogP contribution is 2.37. The first kappa shape index (κ1) is 27.1. The van der Waals surface area contributed by atoms with Gasteiger partial charge in [0.25, 0.3) is 11.8 Å². The molecule has 41 heavy (non-hydrogen) atoms. The molecule has 5 aromatic rings. The number of fused-ring (bicyclic) bond motifs is 1. The van der Waals surface area contributed by atoms with E-state index in [1.807, 2.05) is 0 Å². The number of ether oxygens (including phenoxy) is 3. The van der Waals surface area contributed by atoms with E-state index in [1.165, 1.54) is 38.7 Å². The fourth-order valence-corrected chi connectivity index (χ4v) is 4.18. The summed E-state index contributed by atoms with van der Waals surface area (Å²) >= 11 is 0. The third-order valence-corrected chi connectivity index (χ3v) is 6.17. The summed E-state index contributed by atoms with van der Waals surface area (Å²) in [5.41, 5.74) is 1.59. The molecule has 11 heteroatoms. The largest absolute Gasteiger partial charge is 0.506 e. The molecule has 0 aliphatic rings. The molecule has 0 unspecified atom stereocenters. The minimum Gasteiger partial charge on any atom is -0.506 e. The average Bonchev–Trinajstić information content (AvgIpc) is 3.42. The summed E-state index contributed by atoms with van der Waals surface area (Å²) in [6, 6.07) is 10.5. The molecule has 0 radical (unpaired) electrons. The van der Waals surface area contributed by atoms with Gasteiger partial charge in [-0.1, -0.05) is 6.08 Å². The van der Waals surface area contributed by atoms with E-state index in [4.69, 9.17) is 18.6 Å². The second-order valence-corrected chi connectivity index (χ2v) is 8.82. The van der Waals surface area contributed by atoms with Crippen molar-refractivity contribution < 1.29 is 32.9 Å². The molecule has 0 spiro atoms. The van der Waals surface area contributed by atoms with Crippen LogP contribution in [0.25, 0.3) is 22.4 Å². The monoisotopic (exact) mass is 556 g/mol. The highest BCUT2D eigenvalue weighted by atomic mass is 19.1. The summed E-state index contributed by atoms with van der Waals surface area (Å²) in [7, 11) is 2.93. The van der Waals surface area contributed by atoms with Crippen LogP contribution in [-0.2, 0) is 6.42 Å². The number of furan rings is 1. The quantitative estimate of drug-likeness (QED) is 0.203. The Morgan fingerprint density at radius 2 is 1.93 bits per heavy atom. The molecule has 0 aliphatic heterocycles. The van der Waals surface area contributed by atoms with Gasteiger partial charge < -0.3 is 29.1 Å². The molecule has 10 nitrogen and oxygen atoms in total. The normalized spacial score (nSPS) is 10.8. The van der Waals surface area contributed by atoms with E-state index < -0.39 is 11.7 Å². The number of hydrogen-bond donors (Lipinski definition) is 2. The second-order valence-electron chi connectivity index (χ2n) is 8.82. The number of amides is 1. The number of carbonyl (C=O) groups is 1. The fraction of sp³-hybridized carbons (Fsp3) is 0.133. The number of halogens is 1. The van der Waals surface area contributed by atoms with Crippen molar-refractivity contribution in [1.29, 1.82) is 0 Å². The van der Waals surface area contributed by atoms with Gasteiger partial charge in [0.2, 0.25) is 0 Å². The molecule has 5 rings (SSSR count). The summed E-state index contributed by atoms with van der Waals surface area (Å²) in [5, 5.41) is 13.5. The topological polar surface area (TPSA) is 129 Å². The number of hydrogen-bond acceptors (Lipinski definition) is 9. The number of nitrogens with zero attached hydrogens (tertiary/aromatic N) is 3. The number of carbonyl (C=O) groups excluding carboxylic acids is 1. The van der Waals surface area contributed by atoms with Crippen LogP contribution >= 0.6 is 0 Å². The lowest BCUT2D eigenvalue weighted by molar-refractivity contribution is 0.102.